The van der Waals surface area contributed by atoms with E-state index in [9.17, 15) is 19.2 Å². The molecule has 40 heavy (non-hydrogen) atoms. The van der Waals surface area contributed by atoms with Gasteiger partial charge in [0.15, 0.2) is 0 Å². The van der Waals surface area contributed by atoms with Crippen molar-refractivity contribution >= 4 is 23.9 Å². The Hall–Kier alpha value is -2.12. The van der Waals surface area contributed by atoms with Crippen LogP contribution in [-0.2, 0) is 38.1 Å². The van der Waals surface area contributed by atoms with Gasteiger partial charge in [-0.05, 0) is 25.7 Å². The molecule has 0 radical (unpaired) electrons. The van der Waals surface area contributed by atoms with Crippen LogP contribution >= 0.6 is 0 Å². The van der Waals surface area contributed by atoms with Crippen molar-refractivity contribution in [1.29, 1.82) is 0 Å². The summed E-state index contributed by atoms with van der Waals surface area (Å²) in [5.41, 5.74) is -1.35. The van der Waals surface area contributed by atoms with Crippen molar-refractivity contribution < 1.29 is 38.1 Å². The van der Waals surface area contributed by atoms with Crippen LogP contribution in [0.15, 0.2) is 0 Å². The fourth-order valence-electron chi connectivity index (χ4n) is 6.99. The maximum absolute atomic E-state index is 11.7. The summed E-state index contributed by atoms with van der Waals surface area (Å²) < 4.78 is 22.4. The molecule has 2 fully saturated rings. The van der Waals surface area contributed by atoms with Crippen molar-refractivity contribution in [3.63, 3.8) is 0 Å². The first-order chi connectivity index (χ1) is 18.3. The van der Waals surface area contributed by atoms with Gasteiger partial charge in [-0.2, -0.15) is 0 Å². The predicted octanol–water partition coefficient (Wildman–Crippen LogP) is 6.95. The number of hydrogen-bond acceptors (Lipinski definition) is 8. The van der Waals surface area contributed by atoms with E-state index in [1.165, 1.54) is 0 Å². The molecular weight excluding hydrogens is 512 g/mol. The molecule has 232 valence electrons. The lowest BCUT2D eigenvalue weighted by Crippen LogP contribution is -2.69. The normalized spacial score (nSPS) is 26.5. The van der Waals surface area contributed by atoms with Gasteiger partial charge in [-0.15, -0.1) is 0 Å². The highest BCUT2D eigenvalue weighted by Gasteiger charge is 2.67. The second-order valence-corrected chi connectivity index (χ2v) is 13.8. The van der Waals surface area contributed by atoms with Crippen LogP contribution in [0.3, 0.4) is 0 Å². The maximum Gasteiger partial charge on any atom is 0.306 e. The zero-order chi connectivity index (χ0) is 31.1. The third-order valence-corrected chi connectivity index (χ3v) is 8.22. The Morgan fingerprint density at radius 1 is 0.400 bits per heavy atom. The number of rotatable bonds is 12. The summed E-state index contributed by atoms with van der Waals surface area (Å²) in [6.07, 6.45) is 3.99. The Labute approximate surface area is 242 Å². The summed E-state index contributed by atoms with van der Waals surface area (Å²) in [4.78, 5) is 46.9. The van der Waals surface area contributed by atoms with Gasteiger partial charge < -0.3 is 18.9 Å². The third kappa shape index (κ3) is 8.00. The lowest BCUT2D eigenvalue weighted by atomic mass is 9.51. The number of carbonyl (C=O) groups is 4. The van der Waals surface area contributed by atoms with Gasteiger partial charge in [0.1, 0.15) is 24.4 Å². The van der Waals surface area contributed by atoms with Crippen LogP contribution in [0, 0.1) is 21.7 Å². The van der Waals surface area contributed by atoms with Crippen LogP contribution in [0.5, 0.6) is 0 Å². The molecule has 0 aromatic rings. The summed E-state index contributed by atoms with van der Waals surface area (Å²) in [5.74, 6) is -0.678. The molecule has 0 saturated heterocycles. The molecule has 0 aromatic carbocycles. The second kappa shape index (κ2) is 14.2. The van der Waals surface area contributed by atoms with Crippen molar-refractivity contribution in [2.24, 2.45) is 21.7 Å². The first-order valence-corrected chi connectivity index (χ1v) is 15.1. The van der Waals surface area contributed by atoms with E-state index in [1.807, 2.05) is 83.1 Å². The average molecular weight is 569 g/mol. The molecule has 0 unspecified atom stereocenters. The fourth-order valence-corrected chi connectivity index (χ4v) is 6.99. The Morgan fingerprint density at radius 3 is 0.675 bits per heavy atom. The SMILES string of the molecule is CCCC(=O)OC1C(C)(C)C(OC(=O)CCC)C1(C)C.CCCC(=O)OC1C(C)(C)C(OC(=O)CCC)C1(C)C. The fraction of sp³-hybridized carbons (Fsp3) is 0.875. The van der Waals surface area contributed by atoms with Crippen molar-refractivity contribution in [2.75, 3.05) is 0 Å². The number of esters is 4. The summed E-state index contributed by atoms with van der Waals surface area (Å²) in [6.45, 7) is 23.7. The highest BCUT2D eigenvalue weighted by atomic mass is 16.6. The lowest BCUT2D eigenvalue weighted by Gasteiger charge is -2.61. The molecule has 8 nitrogen and oxygen atoms in total. The minimum absolute atomic E-state index is 0.169. The Balaban J connectivity index is 0.000000400. The molecule has 2 aliphatic carbocycles. The first-order valence-electron chi connectivity index (χ1n) is 15.1. The monoisotopic (exact) mass is 568 g/mol. The van der Waals surface area contributed by atoms with Crippen molar-refractivity contribution in [3.05, 3.63) is 0 Å². The zero-order valence-electron chi connectivity index (χ0n) is 27.2. The second-order valence-electron chi connectivity index (χ2n) is 13.8. The lowest BCUT2D eigenvalue weighted by molar-refractivity contribution is -0.268. The van der Waals surface area contributed by atoms with Crippen LogP contribution in [0.1, 0.15) is 134 Å². The number of carbonyl (C=O) groups excluding carboxylic acids is 4. The summed E-state index contributed by atoms with van der Waals surface area (Å²) in [6, 6.07) is 0. The van der Waals surface area contributed by atoms with E-state index in [0.717, 1.165) is 25.7 Å². The molecule has 0 N–H and O–H groups in total. The van der Waals surface area contributed by atoms with Crippen LogP contribution in [0.4, 0.5) is 0 Å². The van der Waals surface area contributed by atoms with Crippen molar-refractivity contribution in [3.8, 4) is 0 Å². The molecule has 0 atom stereocenters. The van der Waals surface area contributed by atoms with Crippen LogP contribution < -0.4 is 0 Å². The maximum atomic E-state index is 11.7. The van der Waals surface area contributed by atoms with Gasteiger partial charge in [0, 0.05) is 47.3 Å². The quantitative estimate of drug-likeness (QED) is 0.184. The molecule has 0 heterocycles. The number of ether oxygens (including phenoxy) is 4. The van der Waals surface area contributed by atoms with Gasteiger partial charge in [-0.3, -0.25) is 19.2 Å². The molecule has 0 aromatic heterocycles. The summed E-state index contributed by atoms with van der Waals surface area (Å²) >= 11 is 0. The van der Waals surface area contributed by atoms with Crippen LogP contribution in [-0.4, -0.2) is 48.3 Å². The van der Waals surface area contributed by atoms with E-state index in [0.29, 0.717) is 25.7 Å². The molecule has 0 aliphatic heterocycles. The molecule has 0 spiro atoms. The number of hydrogen-bond donors (Lipinski definition) is 0. The van der Waals surface area contributed by atoms with Crippen molar-refractivity contribution in [2.45, 2.75) is 159 Å². The van der Waals surface area contributed by atoms with Gasteiger partial charge in [0.05, 0.1) is 0 Å². The minimum Gasteiger partial charge on any atom is -0.461 e. The minimum atomic E-state index is -0.337. The highest BCUT2D eigenvalue weighted by Crippen LogP contribution is 2.58. The van der Waals surface area contributed by atoms with Crippen LogP contribution in [0.25, 0.3) is 0 Å². The van der Waals surface area contributed by atoms with Gasteiger partial charge in [0.25, 0.3) is 0 Å². The van der Waals surface area contributed by atoms with Crippen LogP contribution in [0.2, 0.25) is 0 Å². The molecule has 2 aliphatic rings. The Kier molecular flexibility index (Phi) is 12.7. The average Bonchev–Trinajstić information content (AvgIpc) is 2.83. The van der Waals surface area contributed by atoms with Gasteiger partial charge >= 0.3 is 23.9 Å². The van der Waals surface area contributed by atoms with Gasteiger partial charge in [-0.1, -0.05) is 83.1 Å². The molecule has 2 saturated carbocycles. The standard InChI is InChI=1S/2C16H28O4/c2*1-7-9-11(17)19-13-15(3,4)14(16(13,5)6)20-12(18)10-8-2/h2*13-14H,7-10H2,1-6H3. The molecule has 0 amide bonds. The predicted molar refractivity (Wildman–Crippen MR) is 154 cm³/mol. The van der Waals surface area contributed by atoms with E-state index in [2.05, 4.69) is 0 Å². The third-order valence-electron chi connectivity index (χ3n) is 8.22. The van der Waals surface area contributed by atoms with Crippen molar-refractivity contribution in [1.82, 2.24) is 0 Å². The Morgan fingerprint density at radius 2 is 0.550 bits per heavy atom. The largest absolute Gasteiger partial charge is 0.461 e. The molecule has 8 heteroatoms. The topological polar surface area (TPSA) is 105 Å². The molecular formula is C32H56O8. The molecule has 2 rings (SSSR count). The summed E-state index contributed by atoms with van der Waals surface area (Å²) in [7, 11) is 0. The first kappa shape index (κ1) is 35.9. The molecule has 0 bridgehead atoms. The van der Waals surface area contributed by atoms with Gasteiger partial charge in [-0.25, -0.2) is 0 Å². The summed E-state index contributed by atoms with van der Waals surface area (Å²) in [5, 5.41) is 0. The van der Waals surface area contributed by atoms with E-state index in [4.69, 9.17) is 18.9 Å². The van der Waals surface area contributed by atoms with E-state index >= 15 is 0 Å². The zero-order valence-corrected chi connectivity index (χ0v) is 27.2. The smallest absolute Gasteiger partial charge is 0.306 e. The van der Waals surface area contributed by atoms with E-state index < -0.39 is 0 Å². The van der Waals surface area contributed by atoms with E-state index in [-0.39, 0.29) is 70.0 Å². The van der Waals surface area contributed by atoms with Gasteiger partial charge in [0.2, 0.25) is 0 Å². The van der Waals surface area contributed by atoms with E-state index in [1.54, 1.807) is 0 Å². The Bertz CT molecular complexity index is 717. The highest BCUT2D eigenvalue weighted by molar-refractivity contribution is 5.71.